The van der Waals surface area contributed by atoms with Gasteiger partial charge in [0.25, 0.3) is 0 Å². The second-order valence-electron chi connectivity index (χ2n) is 9.84. The molecule has 1 atom stereocenters. The number of nitriles is 1. The Hall–Kier alpha value is -3.27. The Bertz CT molecular complexity index is 1160. The normalized spacial score (nSPS) is 22.7. The first-order chi connectivity index (χ1) is 16.2. The molecule has 6 rings (SSSR count). The molecule has 3 aliphatic carbocycles. The van der Waals surface area contributed by atoms with Gasteiger partial charge < -0.3 is 9.80 Å². The van der Waals surface area contributed by atoms with Gasteiger partial charge in [-0.25, -0.2) is 15.0 Å². The van der Waals surface area contributed by atoms with Crippen LogP contribution >= 0.6 is 0 Å². The van der Waals surface area contributed by atoms with E-state index < -0.39 is 0 Å². The summed E-state index contributed by atoms with van der Waals surface area (Å²) in [4.78, 5) is 31.2. The third-order valence-electron chi connectivity index (χ3n) is 7.34. The van der Waals surface area contributed by atoms with Crippen molar-refractivity contribution >= 4 is 17.8 Å². The molecular formula is C26H28N6O. The Morgan fingerprint density at radius 3 is 2.64 bits per heavy atom. The third-order valence-corrected chi connectivity index (χ3v) is 7.34. The second kappa shape index (κ2) is 7.95. The zero-order valence-corrected chi connectivity index (χ0v) is 18.8. The quantitative estimate of drug-likeness (QED) is 0.680. The zero-order valence-electron chi connectivity index (χ0n) is 18.8. The van der Waals surface area contributed by atoms with Crippen LogP contribution < -0.4 is 4.90 Å². The van der Waals surface area contributed by atoms with E-state index >= 15 is 0 Å². The van der Waals surface area contributed by atoms with Gasteiger partial charge in [0.2, 0.25) is 5.91 Å². The molecular weight excluding hydrogens is 412 g/mol. The van der Waals surface area contributed by atoms with Crippen molar-refractivity contribution in [3.8, 4) is 17.3 Å². The second-order valence-corrected chi connectivity index (χ2v) is 9.84. The van der Waals surface area contributed by atoms with Crippen LogP contribution in [0.15, 0.2) is 24.9 Å². The maximum atomic E-state index is 12.9. The average Bonchev–Trinajstić information content (AvgIpc) is 3.72. The first-order valence-corrected chi connectivity index (χ1v) is 12.1. The molecule has 0 bridgehead atoms. The standard InChI is InChI=1S/C26H28N6O/c1-2-23-28-10-9-21(29-23)20-13-19(14-27)25(30-24(20)17-5-6-17)31-11-12-32(26(33)18-7-8-18)22(15-31)16-3-4-16/h2,9-10,13,16-18,22H,1,3-8,11-12,15H2. The molecule has 33 heavy (non-hydrogen) atoms. The number of hydrogen-bond acceptors (Lipinski definition) is 6. The van der Waals surface area contributed by atoms with Crippen LogP contribution in [0.2, 0.25) is 0 Å². The summed E-state index contributed by atoms with van der Waals surface area (Å²) in [5.74, 6) is 2.92. The third kappa shape index (κ3) is 3.88. The highest BCUT2D eigenvalue weighted by atomic mass is 16.2. The molecule has 0 spiro atoms. The monoisotopic (exact) mass is 440 g/mol. The van der Waals surface area contributed by atoms with Crippen LogP contribution in [0, 0.1) is 23.2 Å². The predicted octanol–water partition coefficient (Wildman–Crippen LogP) is 3.77. The molecule has 1 aliphatic heterocycles. The molecule has 0 N–H and O–H groups in total. The van der Waals surface area contributed by atoms with Crippen molar-refractivity contribution in [1.82, 2.24) is 19.9 Å². The molecule has 4 aliphatic rings. The number of piperazine rings is 1. The fourth-order valence-corrected chi connectivity index (χ4v) is 5.06. The van der Waals surface area contributed by atoms with E-state index in [-0.39, 0.29) is 12.0 Å². The topological polar surface area (TPSA) is 86.0 Å². The highest BCUT2D eigenvalue weighted by Crippen LogP contribution is 2.45. The lowest BCUT2D eigenvalue weighted by Gasteiger charge is -2.43. The molecule has 2 aromatic heterocycles. The lowest BCUT2D eigenvalue weighted by atomic mass is 10.0. The SMILES string of the molecule is C=Cc1nccc(-c2cc(C#N)c(N3CCN(C(=O)C4CC4)C(C4CC4)C3)nc2C2CC2)n1. The molecule has 4 fully saturated rings. The van der Waals surface area contributed by atoms with Gasteiger partial charge in [0.1, 0.15) is 11.9 Å². The van der Waals surface area contributed by atoms with Gasteiger partial charge >= 0.3 is 0 Å². The first-order valence-electron chi connectivity index (χ1n) is 12.1. The van der Waals surface area contributed by atoms with Crippen molar-refractivity contribution in [2.24, 2.45) is 11.8 Å². The van der Waals surface area contributed by atoms with E-state index in [1.165, 1.54) is 12.8 Å². The number of carbonyl (C=O) groups is 1. The van der Waals surface area contributed by atoms with Crippen molar-refractivity contribution in [2.45, 2.75) is 50.5 Å². The number of anilines is 1. The fraction of sp³-hybridized carbons (Fsp3) is 0.500. The summed E-state index contributed by atoms with van der Waals surface area (Å²) < 4.78 is 0. The molecule has 0 radical (unpaired) electrons. The highest BCUT2D eigenvalue weighted by Gasteiger charge is 2.45. The van der Waals surface area contributed by atoms with Crippen molar-refractivity contribution in [1.29, 1.82) is 5.26 Å². The molecule has 1 amide bonds. The number of hydrogen-bond donors (Lipinski definition) is 0. The Labute approximate surface area is 194 Å². The van der Waals surface area contributed by atoms with Crippen LogP contribution in [0.4, 0.5) is 5.82 Å². The lowest BCUT2D eigenvalue weighted by molar-refractivity contribution is -0.135. The highest BCUT2D eigenvalue weighted by molar-refractivity contribution is 5.82. The van der Waals surface area contributed by atoms with Gasteiger partial charge in [-0.1, -0.05) is 6.58 Å². The van der Waals surface area contributed by atoms with Gasteiger partial charge in [0.15, 0.2) is 5.82 Å². The van der Waals surface area contributed by atoms with E-state index in [9.17, 15) is 10.1 Å². The minimum Gasteiger partial charge on any atom is -0.352 e. The van der Waals surface area contributed by atoms with E-state index in [0.717, 1.165) is 68.1 Å². The maximum absolute atomic E-state index is 12.9. The predicted molar refractivity (Wildman–Crippen MR) is 125 cm³/mol. The number of pyridine rings is 1. The minimum atomic E-state index is 0.237. The molecule has 2 aromatic rings. The van der Waals surface area contributed by atoms with Crippen LogP contribution in [-0.4, -0.2) is 51.4 Å². The molecule has 7 nitrogen and oxygen atoms in total. The number of rotatable bonds is 6. The summed E-state index contributed by atoms with van der Waals surface area (Å²) in [5, 5.41) is 10.0. The summed E-state index contributed by atoms with van der Waals surface area (Å²) in [6, 6.07) is 6.46. The largest absolute Gasteiger partial charge is 0.352 e. The van der Waals surface area contributed by atoms with Crippen molar-refractivity contribution in [3.05, 3.63) is 42.0 Å². The van der Waals surface area contributed by atoms with Crippen LogP contribution in [0.5, 0.6) is 0 Å². The van der Waals surface area contributed by atoms with E-state index in [1.54, 1.807) is 12.3 Å². The van der Waals surface area contributed by atoms with Crippen molar-refractivity contribution in [2.75, 3.05) is 24.5 Å². The Balaban J connectivity index is 1.35. The zero-order chi connectivity index (χ0) is 22.5. The Morgan fingerprint density at radius 2 is 1.97 bits per heavy atom. The molecule has 7 heteroatoms. The summed E-state index contributed by atoms with van der Waals surface area (Å²) in [6.45, 7) is 5.99. The van der Waals surface area contributed by atoms with Gasteiger partial charge in [-0.3, -0.25) is 4.79 Å². The average molecular weight is 441 g/mol. The molecule has 168 valence electrons. The van der Waals surface area contributed by atoms with E-state index in [1.807, 2.05) is 12.1 Å². The molecule has 1 saturated heterocycles. The van der Waals surface area contributed by atoms with Gasteiger partial charge in [0.05, 0.1) is 23.0 Å². The molecule has 3 heterocycles. The fourth-order valence-electron chi connectivity index (χ4n) is 5.06. The lowest BCUT2D eigenvalue weighted by Crippen LogP contribution is -2.57. The van der Waals surface area contributed by atoms with Gasteiger partial charge in [-0.2, -0.15) is 5.26 Å². The van der Waals surface area contributed by atoms with Crippen molar-refractivity contribution in [3.63, 3.8) is 0 Å². The van der Waals surface area contributed by atoms with Crippen LogP contribution in [-0.2, 0) is 4.79 Å². The van der Waals surface area contributed by atoms with Crippen molar-refractivity contribution < 1.29 is 4.79 Å². The number of carbonyl (C=O) groups excluding carboxylic acids is 1. The molecule has 1 unspecified atom stereocenters. The summed E-state index contributed by atoms with van der Waals surface area (Å²) in [6.07, 6.45) is 10.0. The Morgan fingerprint density at radius 1 is 1.15 bits per heavy atom. The van der Waals surface area contributed by atoms with Gasteiger partial charge in [-0.15, -0.1) is 0 Å². The van der Waals surface area contributed by atoms with E-state index in [0.29, 0.717) is 29.1 Å². The van der Waals surface area contributed by atoms with E-state index in [4.69, 9.17) is 4.98 Å². The van der Waals surface area contributed by atoms with E-state index in [2.05, 4.69) is 32.4 Å². The summed E-state index contributed by atoms with van der Waals surface area (Å²) >= 11 is 0. The molecule has 3 saturated carbocycles. The smallest absolute Gasteiger partial charge is 0.226 e. The first kappa shape index (κ1) is 20.3. The minimum absolute atomic E-state index is 0.237. The van der Waals surface area contributed by atoms with Crippen LogP contribution in [0.25, 0.3) is 17.3 Å². The van der Waals surface area contributed by atoms with Crippen LogP contribution in [0.1, 0.15) is 61.5 Å². The summed E-state index contributed by atoms with van der Waals surface area (Å²) in [5.41, 5.74) is 3.31. The number of nitrogens with zero attached hydrogens (tertiary/aromatic N) is 6. The summed E-state index contributed by atoms with van der Waals surface area (Å²) in [7, 11) is 0. The maximum Gasteiger partial charge on any atom is 0.226 e. The van der Waals surface area contributed by atoms with Gasteiger partial charge in [0, 0.05) is 43.2 Å². The molecule has 0 aromatic carbocycles. The number of aromatic nitrogens is 3. The van der Waals surface area contributed by atoms with Crippen LogP contribution in [0.3, 0.4) is 0 Å². The number of amides is 1. The Kier molecular flexibility index (Phi) is 4.90. The van der Waals surface area contributed by atoms with Gasteiger partial charge in [-0.05, 0) is 62.7 Å².